The third-order valence-electron chi connectivity index (χ3n) is 1.29. The van der Waals surface area contributed by atoms with Gasteiger partial charge in [0, 0.05) is 31.3 Å². The standard InChI is InChI=1S/C8H11N3OS/c1-11(2)10-4-3-7-6(9)5-8(12)13-7/h3-5H,9H2,1-2H3/b7-3-,10-4+. The molecule has 1 aliphatic rings. The lowest BCUT2D eigenvalue weighted by Gasteiger charge is -2.00. The molecule has 4 nitrogen and oxygen atoms in total. The van der Waals surface area contributed by atoms with E-state index in [0.717, 1.165) is 16.7 Å². The number of carbonyl (C=O) groups excluding carboxylic acids is 1. The van der Waals surface area contributed by atoms with Crippen LogP contribution in [0.3, 0.4) is 0 Å². The number of rotatable bonds is 2. The van der Waals surface area contributed by atoms with Gasteiger partial charge in [0.25, 0.3) is 0 Å². The highest BCUT2D eigenvalue weighted by atomic mass is 32.2. The van der Waals surface area contributed by atoms with Gasteiger partial charge in [0.15, 0.2) is 0 Å². The molecule has 5 heteroatoms. The van der Waals surface area contributed by atoms with Gasteiger partial charge in [0.1, 0.15) is 0 Å². The third kappa shape index (κ3) is 2.95. The van der Waals surface area contributed by atoms with E-state index in [4.69, 9.17) is 5.73 Å². The van der Waals surface area contributed by atoms with Gasteiger partial charge in [-0.15, -0.1) is 0 Å². The number of nitrogens with two attached hydrogens (primary N) is 1. The van der Waals surface area contributed by atoms with E-state index in [0.29, 0.717) is 5.70 Å². The molecule has 0 aliphatic carbocycles. The molecule has 1 aliphatic heterocycles. The molecule has 0 amide bonds. The Kier molecular flexibility index (Phi) is 3.13. The quantitative estimate of drug-likeness (QED) is 0.518. The Labute approximate surface area is 81.2 Å². The highest BCUT2D eigenvalue weighted by Crippen LogP contribution is 2.28. The Balaban J connectivity index is 2.64. The van der Waals surface area contributed by atoms with Crippen molar-refractivity contribution in [3.63, 3.8) is 0 Å². The predicted molar refractivity (Wildman–Crippen MR) is 55.1 cm³/mol. The second-order valence-electron chi connectivity index (χ2n) is 2.66. The Hall–Kier alpha value is -1.23. The summed E-state index contributed by atoms with van der Waals surface area (Å²) in [5.41, 5.74) is 6.08. The first-order valence-corrected chi connectivity index (χ1v) is 4.52. The zero-order valence-corrected chi connectivity index (χ0v) is 8.34. The van der Waals surface area contributed by atoms with Crippen LogP contribution in [0, 0.1) is 0 Å². The summed E-state index contributed by atoms with van der Waals surface area (Å²) in [6, 6.07) is 0. The van der Waals surface area contributed by atoms with E-state index in [2.05, 4.69) is 5.10 Å². The fraction of sp³-hybridized carbons (Fsp3) is 0.250. The van der Waals surface area contributed by atoms with Crippen molar-refractivity contribution < 1.29 is 4.79 Å². The minimum absolute atomic E-state index is 0.0259. The molecule has 0 unspecified atom stereocenters. The van der Waals surface area contributed by atoms with Crippen molar-refractivity contribution in [3.8, 4) is 0 Å². The SMILES string of the molecule is CN(C)/N=C/C=C1\SC(=O)C=C1N. The van der Waals surface area contributed by atoms with E-state index in [1.807, 2.05) is 14.1 Å². The van der Waals surface area contributed by atoms with Crippen molar-refractivity contribution in [2.24, 2.45) is 10.8 Å². The average molecular weight is 197 g/mol. The Morgan fingerprint density at radius 1 is 1.62 bits per heavy atom. The molecule has 1 heterocycles. The van der Waals surface area contributed by atoms with Gasteiger partial charge < -0.3 is 10.7 Å². The summed E-state index contributed by atoms with van der Waals surface area (Å²) in [6.45, 7) is 0. The van der Waals surface area contributed by atoms with Crippen molar-refractivity contribution in [2.45, 2.75) is 0 Å². The second-order valence-corrected chi connectivity index (χ2v) is 3.71. The largest absolute Gasteiger partial charge is 0.398 e. The lowest BCUT2D eigenvalue weighted by Crippen LogP contribution is -2.01. The molecule has 1 rings (SSSR count). The van der Waals surface area contributed by atoms with E-state index < -0.39 is 0 Å². The van der Waals surface area contributed by atoms with Crippen molar-refractivity contribution in [1.29, 1.82) is 0 Å². The molecular formula is C8H11N3OS. The van der Waals surface area contributed by atoms with Crippen molar-refractivity contribution in [1.82, 2.24) is 5.01 Å². The number of allylic oxidation sites excluding steroid dienone is 1. The number of hydrogen-bond donors (Lipinski definition) is 1. The number of carbonyl (C=O) groups is 1. The molecule has 0 radical (unpaired) electrons. The van der Waals surface area contributed by atoms with E-state index in [-0.39, 0.29) is 5.12 Å². The summed E-state index contributed by atoms with van der Waals surface area (Å²) >= 11 is 1.12. The first kappa shape index (κ1) is 9.85. The van der Waals surface area contributed by atoms with Crippen LogP contribution >= 0.6 is 11.8 Å². The van der Waals surface area contributed by atoms with Crippen LogP contribution in [0.25, 0.3) is 0 Å². The predicted octanol–water partition coefficient (Wildman–Crippen LogP) is 0.534. The first-order valence-electron chi connectivity index (χ1n) is 3.70. The summed E-state index contributed by atoms with van der Waals surface area (Å²) in [6.07, 6.45) is 4.75. The summed E-state index contributed by atoms with van der Waals surface area (Å²) in [4.78, 5) is 11.6. The van der Waals surface area contributed by atoms with Gasteiger partial charge in [-0.05, 0) is 17.8 Å². The summed E-state index contributed by atoms with van der Waals surface area (Å²) in [5.74, 6) is 0. The number of hydrogen-bond acceptors (Lipinski definition) is 5. The van der Waals surface area contributed by atoms with Crippen LogP contribution in [-0.4, -0.2) is 30.4 Å². The molecule has 0 saturated heterocycles. The fourth-order valence-electron chi connectivity index (χ4n) is 0.759. The lowest BCUT2D eigenvalue weighted by molar-refractivity contribution is -0.106. The Bertz CT molecular complexity index is 305. The summed E-state index contributed by atoms with van der Waals surface area (Å²) in [7, 11) is 3.64. The van der Waals surface area contributed by atoms with Crippen molar-refractivity contribution in [2.75, 3.05) is 14.1 Å². The highest BCUT2D eigenvalue weighted by Gasteiger charge is 2.15. The van der Waals surface area contributed by atoms with Gasteiger partial charge >= 0.3 is 0 Å². The maximum Gasteiger partial charge on any atom is 0.219 e. The molecule has 0 bridgehead atoms. The molecule has 2 N–H and O–H groups in total. The summed E-state index contributed by atoms with van der Waals surface area (Å²) in [5, 5.41) is 5.61. The van der Waals surface area contributed by atoms with Crippen LogP contribution in [0.4, 0.5) is 0 Å². The third-order valence-corrected chi connectivity index (χ3v) is 2.20. The monoisotopic (exact) mass is 197 g/mol. The van der Waals surface area contributed by atoms with Crippen LogP contribution in [0.1, 0.15) is 0 Å². The lowest BCUT2D eigenvalue weighted by atomic mass is 10.4. The molecule has 0 aromatic heterocycles. The van der Waals surface area contributed by atoms with E-state index in [9.17, 15) is 4.79 Å². The normalized spacial score (nSPS) is 20.0. The Morgan fingerprint density at radius 2 is 2.31 bits per heavy atom. The maximum absolute atomic E-state index is 10.9. The maximum atomic E-state index is 10.9. The molecule has 0 aromatic rings. The highest BCUT2D eigenvalue weighted by molar-refractivity contribution is 8.18. The smallest absolute Gasteiger partial charge is 0.219 e. The van der Waals surface area contributed by atoms with Crippen LogP contribution in [-0.2, 0) is 4.79 Å². The van der Waals surface area contributed by atoms with Crippen LogP contribution in [0.2, 0.25) is 0 Å². The topological polar surface area (TPSA) is 58.7 Å². The minimum Gasteiger partial charge on any atom is -0.398 e. The molecular weight excluding hydrogens is 186 g/mol. The molecule has 0 atom stereocenters. The molecule has 0 saturated carbocycles. The molecule has 0 fully saturated rings. The van der Waals surface area contributed by atoms with Gasteiger partial charge in [0.05, 0.1) is 5.70 Å². The zero-order valence-electron chi connectivity index (χ0n) is 7.52. The molecule has 70 valence electrons. The fourth-order valence-corrected chi connectivity index (χ4v) is 1.47. The number of nitrogens with zero attached hydrogens (tertiary/aromatic N) is 2. The molecule has 0 aromatic carbocycles. The summed E-state index contributed by atoms with van der Waals surface area (Å²) < 4.78 is 0. The van der Waals surface area contributed by atoms with E-state index >= 15 is 0 Å². The molecule has 0 spiro atoms. The van der Waals surface area contributed by atoms with Gasteiger partial charge in [-0.1, -0.05) is 0 Å². The zero-order chi connectivity index (χ0) is 9.84. The number of thioether (sulfide) groups is 1. The van der Waals surface area contributed by atoms with Crippen LogP contribution in [0.5, 0.6) is 0 Å². The van der Waals surface area contributed by atoms with Gasteiger partial charge in [0.2, 0.25) is 5.12 Å². The van der Waals surface area contributed by atoms with Crippen LogP contribution in [0.15, 0.2) is 27.9 Å². The van der Waals surface area contributed by atoms with Gasteiger partial charge in [-0.2, -0.15) is 5.10 Å². The van der Waals surface area contributed by atoms with E-state index in [1.54, 1.807) is 17.3 Å². The van der Waals surface area contributed by atoms with Crippen molar-refractivity contribution >= 4 is 23.1 Å². The van der Waals surface area contributed by atoms with E-state index in [1.165, 1.54) is 6.08 Å². The minimum atomic E-state index is -0.0259. The molecule has 13 heavy (non-hydrogen) atoms. The average Bonchev–Trinajstić information content (AvgIpc) is 2.29. The number of hydrazone groups is 1. The Morgan fingerprint density at radius 3 is 2.77 bits per heavy atom. The van der Waals surface area contributed by atoms with Gasteiger partial charge in [-0.3, -0.25) is 4.79 Å². The van der Waals surface area contributed by atoms with Crippen molar-refractivity contribution in [3.05, 3.63) is 22.8 Å². The first-order chi connectivity index (χ1) is 6.09. The van der Waals surface area contributed by atoms with Crippen LogP contribution < -0.4 is 5.73 Å². The second kappa shape index (κ2) is 4.13. The van der Waals surface area contributed by atoms with Gasteiger partial charge in [-0.25, -0.2) is 0 Å².